The first kappa shape index (κ1) is 16.6. The van der Waals surface area contributed by atoms with Crippen LogP contribution >= 0.6 is 0 Å². The fourth-order valence-corrected chi connectivity index (χ4v) is 2.59. The maximum absolute atomic E-state index is 12.1. The molecule has 0 aliphatic heterocycles. The van der Waals surface area contributed by atoms with Crippen molar-refractivity contribution < 1.29 is 9.59 Å². The first-order valence-electron chi connectivity index (χ1n) is 8.04. The third-order valence-electron chi connectivity index (χ3n) is 3.92. The number of aromatic nitrogens is 1. The van der Waals surface area contributed by atoms with Crippen molar-refractivity contribution >= 4 is 28.5 Å². The lowest BCUT2D eigenvalue weighted by atomic mass is 10.2. The first-order valence-corrected chi connectivity index (χ1v) is 8.04. The molecule has 1 heterocycles. The molecule has 0 saturated heterocycles. The summed E-state index contributed by atoms with van der Waals surface area (Å²) in [5, 5.41) is 9.27. The van der Waals surface area contributed by atoms with Crippen LogP contribution < -0.4 is 16.0 Å². The van der Waals surface area contributed by atoms with Crippen LogP contribution in [0.5, 0.6) is 0 Å². The minimum absolute atomic E-state index is 0.0727. The van der Waals surface area contributed by atoms with E-state index in [1.807, 2.05) is 65.4 Å². The van der Waals surface area contributed by atoms with Crippen LogP contribution in [-0.2, 0) is 17.9 Å². The zero-order valence-electron chi connectivity index (χ0n) is 14.0. The molecule has 0 saturated carbocycles. The number of carbonyl (C=O) groups excluding carboxylic acids is 2. The van der Waals surface area contributed by atoms with Crippen molar-refractivity contribution in [2.75, 3.05) is 12.4 Å². The summed E-state index contributed by atoms with van der Waals surface area (Å²) < 4.78 is 1.85. The molecule has 3 rings (SSSR count). The van der Waals surface area contributed by atoms with Gasteiger partial charge in [0.2, 0.25) is 5.91 Å². The molecule has 6 heteroatoms. The van der Waals surface area contributed by atoms with Crippen LogP contribution in [0, 0.1) is 0 Å². The Morgan fingerprint density at radius 1 is 1.04 bits per heavy atom. The largest absolute Gasteiger partial charge is 0.358 e. The van der Waals surface area contributed by atoms with E-state index in [1.54, 1.807) is 7.05 Å². The number of carbonyl (C=O) groups is 2. The average Bonchev–Trinajstić information content (AvgIpc) is 3.03. The highest BCUT2D eigenvalue weighted by atomic mass is 16.2. The summed E-state index contributed by atoms with van der Waals surface area (Å²) in [4.78, 5) is 23.7. The molecule has 2 aromatic carbocycles. The molecule has 0 unspecified atom stereocenters. The van der Waals surface area contributed by atoms with Gasteiger partial charge in [0.1, 0.15) is 6.54 Å². The van der Waals surface area contributed by atoms with Gasteiger partial charge in [0.15, 0.2) is 0 Å². The summed E-state index contributed by atoms with van der Waals surface area (Å²) in [5.41, 5.74) is 2.60. The lowest BCUT2D eigenvalue weighted by Gasteiger charge is -2.09. The number of likely N-dealkylation sites (N-methyl/N-ethyl adjacent to an activating group) is 1. The van der Waals surface area contributed by atoms with E-state index in [1.165, 1.54) is 0 Å². The zero-order valence-corrected chi connectivity index (χ0v) is 14.0. The van der Waals surface area contributed by atoms with Gasteiger partial charge in [-0.25, -0.2) is 4.79 Å². The van der Waals surface area contributed by atoms with Crippen LogP contribution in [0.25, 0.3) is 10.9 Å². The van der Waals surface area contributed by atoms with Crippen molar-refractivity contribution in [1.82, 2.24) is 15.2 Å². The van der Waals surface area contributed by atoms with Gasteiger partial charge < -0.3 is 20.5 Å². The predicted octanol–water partition coefficient (Wildman–Crippen LogP) is 2.71. The van der Waals surface area contributed by atoms with Crippen LogP contribution in [0.3, 0.4) is 0 Å². The second-order valence-electron chi connectivity index (χ2n) is 5.68. The predicted molar refractivity (Wildman–Crippen MR) is 98.3 cm³/mol. The third kappa shape index (κ3) is 4.17. The van der Waals surface area contributed by atoms with E-state index in [0.29, 0.717) is 12.2 Å². The van der Waals surface area contributed by atoms with Gasteiger partial charge in [0.25, 0.3) is 0 Å². The molecule has 1 aromatic heterocycles. The molecular formula is C19H20N4O2. The van der Waals surface area contributed by atoms with Gasteiger partial charge in [-0.15, -0.1) is 0 Å². The van der Waals surface area contributed by atoms with Crippen molar-refractivity contribution in [3.8, 4) is 0 Å². The van der Waals surface area contributed by atoms with Crippen molar-refractivity contribution in [2.24, 2.45) is 0 Å². The van der Waals surface area contributed by atoms with Crippen LogP contribution in [0.2, 0.25) is 0 Å². The molecule has 25 heavy (non-hydrogen) atoms. The Morgan fingerprint density at radius 3 is 2.60 bits per heavy atom. The molecule has 3 N–H and O–H groups in total. The Balaban J connectivity index is 1.67. The first-order chi connectivity index (χ1) is 12.2. The Hall–Kier alpha value is -3.28. The maximum atomic E-state index is 12.1. The molecule has 3 amide bonds. The molecule has 0 atom stereocenters. The molecule has 0 aliphatic rings. The molecule has 128 valence electrons. The summed E-state index contributed by atoms with van der Waals surface area (Å²) in [6.07, 6.45) is 1.86. The van der Waals surface area contributed by atoms with Crippen molar-refractivity contribution in [3.63, 3.8) is 0 Å². The van der Waals surface area contributed by atoms with E-state index < -0.39 is 0 Å². The van der Waals surface area contributed by atoms with E-state index in [0.717, 1.165) is 16.5 Å². The molecular weight excluding hydrogens is 316 g/mol. The average molecular weight is 336 g/mol. The van der Waals surface area contributed by atoms with Crippen LogP contribution in [0.4, 0.5) is 10.5 Å². The molecule has 6 nitrogen and oxygen atoms in total. The molecule has 0 spiro atoms. The Bertz CT molecular complexity index is 887. The van der Waals surface area contributed by atoms with Crippen LogP contribution in [-0.4, -0.2) is 23.6 Å². The minimum atomic E-state index is -0.271. The van der Waals surface area contributed by atoms with Gasteiger partial charge in [-0.2, -0.15) is 0 Å². The number of benzene rings is 2. The SMILES string of the molecule is CNC(=O)Cn1ccc2ccc(NC(=O)NCc3ccccc3)cc21. The van der Waals surface area contributed by atoms with Gasteiger partial charge in [0.05, 0.1) is 5.52 Å². The van der Waals surface area contributed by atoms with Gasteiger partial charge >= 0.3 is 6.03 Å². The number of rotatable bonds is 5. The summed E-state index contributed by atoms with van der Waals surface area (Å²) in [6.45, 7) is 0.700. The lowest BCUT2D eigenvalue weighted by Crippen LogP contribution is -2.28. The number of urea groups is 1. The Labute approximate surface area is 145 Å². The highest BCUT2D eigenvalue weighted by Gasteiger charge is 2.07. The Kier molecular flexibility index (Phi) is 4.99. The van der Waals surface area contributed by atoms with Crippen LogP contribution in [0.15, 0.2) is 60.8 Å². The number of hydrogen-bond donors (Lipinski definition) is 3. The number of nitrogens with one attached hydrogen (secondary N) is 3. The minimum Gasteiger partial charge on any atom is -0.358 e. The van der Waals surface area contributed by atoms with E-state index in [-0.39, 0.29) is 18.5 Å². The van der Waals surface area contributed by atoms with Gasteiger partial charge in [-0.1, -0.05) is 36.4 Å². The topological polar surface area (TPSA) is 75.2 Å². The second-order valence-corrected chi connectivity index (χ2v) is 5.68. The van der Waals surface area contributed by atoms with E-state index >= 15 is 0 Å². The molecule has 0 radical (unpaired) electrons. The summed E-state index contributed by atoms with van der Waals surface area (Å²) in [5.74, 6) is -0.0727. The highest BCUT2D eigenvalue weighted by molar-refractivity contribution is 5.93. The van der Waals surface area contributed by atoms with Gasteiger partial charge in [0, 0.05) is 25.5 Å². The van der Waals surface area contributed by atoms with E-state index in [2.05, 4.69) is 16.0 Å². The van der Waals surface area contributed by atoms with Gasteiger partial charge in [-0.05, 0) is 29.1 Å². The van der Waals surface area contributed by atoms with Gasteiger partial charge in [-0.3, -0.25) is 4.79 Å². The van der Waals surface area contributed by atoms with Crippen molar-refractivity contribution in [1.29, 1.82) is 0 Å². The molecule has 3 aromatic rings. The number of amides is 3. The molecule has 0 bridgehead atoms. The highest BCUT2D eigenvalue weighted by Crippen LogP contribution is 2.20. The summed E-state index contributed by atoms with van der Waals surface area (Å²) in [7, 11) is 1.61. The summed E-state index contributed by atoms with van der Waals surface area (Å²) in [6, 6.07) is 17.0. The lowest BCUT2D eigenvalue weighted by molar-refractivity contribution is -0.121. The monoisotopic (exact) mass is 336 g/mol. The van der Waals surface area contributed by atoms with Crippen molar-refractivity contribution in [2.45, 2.75) is 13.1 Å². The summed E-state index contributed by atoms with van der Waals surface area (Å²) >= 11 is 0. The Morgan fingerprint density at radius 2 is 1.84 bits per heavy atom. The fraction of sp³-hybridized carbons (Fsp3) is 0.158. The number of nitrogens with zero attached hydrogens (tertiary/aromatic N) is 1. The molecule has 0 fully saturated rings. The standard InChI is InChI=1S/C19H20N4O2/c1-20-18(24)13-23-10-9-15-7-8-16(11-17(15)23)22-19(25)21-12-14-5-3-2-4-6-14/h2-11H,12-13H2,1H3,(H,20,24)(H2,21,22,25). The van der Waals surface area contributed by atoms with Crippen LogP contribution in [0.1, 0.15) is 5.56 Å². The number of hydrogen-bond acceptors (Lipinski definition) is 2. The smallest absolute Gasteiger partial charge is 0.319 e. The fourth-order valence-electron chi connectivity index (χ4n) is 2.59. The van der Waals surface area contributed by atoms with E-state index in [9.17, 15) is 9.59 Å². The quantitative estimate of drug-likeness (QED) is 0.670. The molecule has 0 aliphatic carbocycles. The number of fused-ring (bicyclic) bond motifs is 1. The third-order valence-corrected chi connectivity index (χ3v) is 3.92. The second kappa shape index (κ2) is 7.53. The normalized spacial score (nSPS) is 10.4. The van der Waals surface area contributed by atoms with E-state index in [4.69, 9.17) is 0 Å². The number of anilines is 1. The maximum Gasteiger partial charge on any atom is 0.319 e. The zero-order chi connectivity index (χ0) is 17.6. The van der Waals surface area contributed by atoms with Crippen molar-refractivity contribution in [3.05, 3.63) is 66.4 Å².